The summed E-state index contributed by atoms with van der Waals surface area (Å²) in [6.45, 7) is 4.13. The van der Waals surface area contributed by atoms with Gasteiger partial charge < -0.3 is 10.2 Å². The van der Waals surface area contributed by atoms with Crippen LogP contribution in [0.5, 0.6) is 0 Å². The van der Waals surface area contributed by atoms with Crippen LogP contribution in [0.25, 0.3) is 5.69 Å². The van der Waals surface area contributed by atoms with Gasteiger partial charge >= 0.3 is 0 Å². The number of aromatic nitrogens is 2. The Morgan fingerprint density at radius 1 is 1.42 bits per heavy atom. The zero-order valence-corrected chi connectivity index (χ0v) is 14.0. The van der Waals surface area contributed by atoms with E-state index in [-0.39, 0.29) is 18.9 Å². The smallest absolute Gasteiger partial charge is 0.241 e. The lowest BCUT2D eigenvalue weighted by atomic mass is 10.2. The largest absolute Gasteiger partial charge is 0.376 e. The Morgan fingerprint density at radius 3 is 2.75 bits per heavy atom. The van der Waals surface area contributed by atoms with E-state index >= 15 is 0 Å². The van der Waals surface area contributed by atoms with Crippen molar-refractivity contribution in [1.29, 1.82) is 5.26 Å². The first-order valence-corrected chi connectivity index (χ1v) is 7.60. The van der Waals surface area contributed by atoms with Crippen LogP contribution < -0.4 is 5.32 Å². The minimum atomic E-state index is -0.420. The lowest BCUT2D eigenvalue weighted by molar-refractivity contribution is -0.127. The molecule has 0 atom stereocenters. The summed E-state index contributed by atoms with van der Waals surface area (Å²) >= 11 is 0. The molecular weight excluding hydrogens is 309 g/mol. The number of nitrogens with one attached hydrogen (secondary N) is 1. The quantitative estimate of drug-likeness (QED) is 0.883. The Balaban J connectivity index is 2.04. The highest BCUT2D eigenvalue weighted by Crippen LogP contribution is 2.19. The highest BCUT2D eigenvalue weighted by Gasteiger charge is 2.11. The van der Waals surface area contributed by atoms with Crippen molar-refractivity contribution in [3.8, 4) is 11.8 Å². The normalized spacial score (nSPS) is 10.3. The highest BCUT2D eigenvalue weighted by molar-refractivity contribution is 5.80. The van der Waals surface area contributed by atoms with Gasteiger partial charge in [0.25, 0.3) is 0 Å². The topological polar surface area (TPSA) is 74.0 Å². The van der Waals surface area contributed by atoms with E-state index in [2.05, 4.69) is 10.4 Å². The molecule has 1 heterocycles. The molecule has 2 aromatic rings. The second-order valence-electron chi connectivity index (χ2n) is 5.58. The lowest BCUT2D eigenvalue weighted by Gasteiger charge is -2.16. The molecule has 24 heavy (non-hydrogen) atoms. The molecule has 0 aliphatic rings. The molecule has 1 aromatic heterocycles. The molecule has 6 nitrogen and oxygen atoms in total. The molecule has 0 radical (unpaired) electrons. The number of carbonyl (C=O) groups excluding carboxylic acids is 1. The molecule has 0 saturated heterocycles. The predicted octanol–water partition coefficient (Wildman–Crippen LogP) is 2.41. The summed E-state index contributed by atoms with van der Waals surface area (Å²) in [5.41, 5.74) is 2.55. The van der Waals surface area contributed by atoms with Gasteiger partial charge in [0.2, 0.25) is 5.91 Å². The zero-order valence-electron chi connectivity index (χ0n) is 14.0. The van der Waals surface area contributed by atoms with Gasteiger partial charge in [0.1, 0.15) is 5.69 Å². The van der Waals surface area contributed by atoms with E-state index in [4.69, 9.17) is 5.26 Å². The average molecular weight is 329 g/mol. The van der Waals surface area contributed by atoms with Gasteiger partial charge in [-0.05, 0) is 38.1 Å². The van der Waals surface area contributed by atoms with Crippen LogP contribution in [0.4, 0.5) is 10.1 Å². The number of likely N-dealkylation sites (N-methyl/N-ethyl adjacent to an activating group) is 1. The van der Waals surface area contributed by atoms with Crippen LogP contribution in [0.15, 0.2) is 24.3 Å². The number of aryl methyl sites for hydroxylation is 2. The van der Waals surface area contributed by atoms with Gasteiger partial charge in [-0.1, -0.05) is 0 Å². The van der Waals surface area contributed by atoms with E-state index in [9.17, 15) is 9.18 Å². The molecule has 0 fully saturated rings. The van der Waals surface area contributed by atoms with Gasteiger partial charge in [-0.25, -0.2) is 9.07 Å². The Hall–Kier alpha value is -2.88. The Labute approximate surface area is 140 Å². The van der Waals surface area contributed by atoms with E-state index in [0.29, 0.717) is 17.9 Å². The fourth-order valence-corrected chi connectivity index (χ4v) is 2.32. The maximum atomic E-state index is 14.3. The Kier molecular flexibility index (Phi) is 5.53. The molecule has 0 spiro atoms. The van der Waals surface area contributed by atoms with Crippen molar-refractivity contribution in [2.75, 3.05) is 25.5 Å². The summed E-state index contributed by atoms with van der Waals surface area (Å²) in [6.07, 6.45) is 0.286. The standard InChI is InChI=1S/C17H20FN5O/c1-12-9-13(2)23(21-12)16-6-5-14(10-15(16)18)20-11-17(24)22(3)8-4-7-19/h5-6,9-10,20H,4,8,11H2,1-3H3. The van der Waals surface area contributed by atoms with Crippen LogP contribution in [0.1, 0.15) is 17.8 Å². The third kappa shape index (κ3) is 4.10. The summed E-state index contributed by atoms with van der Waals surface area (Å²) in [7, 11) is 1.63. The average Bonchev–Trinajstić information content (AvgIpc) is 2.88. The zero-order chi connectivity index (χ0) is 17.7. The van der Waals surface area contributed by atoms with Crippen LogP contribution in [0.3, 0.4) is 0 Å². The van der Waals surface area contributed by atoms with E-state index in [1.165, 1.54) is 11.0 Å². The lowest BCUT2D eigenvalue weighted by Crippen LogP contribution is -2.32. The molecule has 0 aliphatic carbocycles. The van der Waals surface area contributed by atoms with Gasteiger partial charge in [0, 0.05) is 25.0 Å². The number of nitriles is 1. The van der Waals surface area contributed by atoms with E-state index in [0.717, 1.165) is 11.4 Å². The first kappa shape index (κ1) is 17.5. The second kappa shape index (κ2) is 7.59. The van der Waals surface area contributed by atoms with Gasteiger partial charge in [0.05, 0.1) is 24.7 Å². The molecule has 7 heteroatoms. The van der Waals surface area contributed by atoms with Crippen molar-refractivity contribution < 1.29 is 9.18 Å². The van der Waals surface area contributed by atoms with Crippen molar-refractivity contribution in [3.05, 3.63) is 41.5 Å². The molecule has 1 amide bonds. The van der Waals surface area contributed by atoms with E-state index in [1.807, 2.05) is 26.0 Å². The Morgan fingerprint density at radius 2 is 2.17 bits per heavy atom. The van der Waals surface area contributed by atoms with Crippen molar-refractivity contribution in [2.45, 2.75) is 20.3 Å². The number of rotatable bonds is 6. The van der Waals surface area contributed by atoms with E-state index < -0.39 is 5.82 Å². The fourth-order valence-electron chi connectivity index (χ4n) is 2.32. The fraction of sp³-hybridized carbons (Fsp3) is 0.353. The minimum Gasteiger partial charge on any atom is -0.376 e. The SMILES string of the molecule is Cc1cc(C)n(-c2ccc(NCC(=O)N(C)CCC#N)cc2F)n1. The van der Waals surface area contributed by atoms with Crippen molar-refractivity contribution >= 4 is 11.6 Å². The first-order valence-electron chi connectivity index (χ1n) is 7.60. The number of hydrogen-bond donors (Lipinski definition) is 1. The predicted molar refractivity (Wildman–Crippen MR) is 89.4 cm³/mol. The minimum absolute atomic E-state index is 0.0423. The van der Waals surface area contributed by atoms with Crippen LogP contribution in [0, 0.1) is 31.0 Å². The van der Waals surface area contributed by atoms with Crippen molar-refractivity contribution in [2.24, 2.45) is 0 Å². The van der Waals surface area contributed by atoms with E-state index in [1.54, 1.807) is 23.9 Å². The summed E-state index contributed by atoms with van der Waals surface area (Å²) in [4.78, 5) is 13.4. The summed E-state index contributed by atoms with van der Waals surface area (Å²) < 4.78 is 15.9. The van der Waals surface area contributed by atoms with Crippen molar-refractivity contribution in [3.63, 3.8) is 0 Å². The number of carbonyl (C=O) groups is 1. The summed E-state index contributed by atoms with van der Waals surface area (Å²) in [6, 6.07) is 8.54. The monoisotopic (exact) mass is 329 g/mol. The first-order chi connectivity index (χ1) is 11.4. The van der Waals surface area contributed by atoms with Gasteiger partial charge in [0.15, 0.2) is 5.82 Å². The molecular formula is C17H20FN5O. The molecule has 0 aliphatic heterocycles. The van der Waals surface area contributed by atoms with Gasteiger partial charge in [-0.3, -0.25) is 4.79 Å². The van der Waals surface area contributed by atoms with Crippen LogP contribution in [-0.4, -0.2) is 40.7 Å². The van der Waals surface area contributed by atoms with Gasteiger partial charge in [-0.2, -0.15) is 10.4 Å². The summed E-state index contributed by atoms with van der Waals surface area (Å²) in [5.74, 6) is -0.579. The maximum absolute atomic E-state index is 14.3. The molecule has 0 saturated carbocycles. The van der Waals surface area contributed by atoms with Gasteiger partial charge in [-0.15, -0.1) is 0 Å². The summed E-state index contributed by atoms with van der Waals surface area (Å²) in [5, 5.41) is 15.7. The van der Waals surface area contributed by atoms with Crippen LogP contribution in [-0.2, 0) is 4.79 Å². The molecule has 126 valence electrons. The molecule has 1 N–H and O–H groups in total. The molecule has 2 rings (SSSR count). The number of amides is 1. The number of anilines is 1. The molecule has 0 unspecified atom stereocenters. The van der Waals surface area contributed by atoms with Crippen LogP contribution in [0.2, 0.25) is 0 Å². The maximum Gasteiger partial charge on any atom is 0.241 e. The second-order valence-corrected chi connectivity index (χ2v) is 5.58. The van der Waals surface area contributed by atoms with Crippen LogP contribution >= 0.6 is 0 Å². The van der Waals surface area contributed by atoms with Crippen molar-refractivity contribution in [1.82, 2.24) is 14.7 Å². The molecule has 0 bridgehead atoms. The number of halogens is 1. The highest BCUT2D eigenvalue weighted by atomic mass is 19.1. The third-order valence-corrected chi connectivity index (χ3v) is 3.61. The number of nitrogens with zero attached hydrogens (tertiary/aromatic N) is 4. The Bertz CT molecular complexity index is 778. The third-order valence-electron chi connectivity index (χ3n) is 3.61. The number of hydrogen-bond acceptors (Lipinski definition) is 4. The number of benzene rings is 1. The molecule has 1 aromatic carbocycles.